The quantitative estimate of drug-likeness (QED) is 0.605. The van der Waals surface area contributed by atoms with Crippen LogP contribution in [-0.2, 0) is 11.2 Å². The van der Waals surface area contributed by atoms with Crippen LogP contribution in [0.2, 0.25) is 4.34 Å². The van der Waals surface area contributed by atoms with Crippen LogP contribution < -0.4 is 10.1 Å². The van der Waals surface area contributed by atoms with Crippen molar-refractivity contribution in [3.05, 3.63) is 51.2 Å². The summed E-state index contributed by atoms with van der Waals surface area (Å²) in [5, 5.41) is 2.70. The second-order valence-corrected chi connectivity index (χ2v) is 7.88. The van der Waals surface area contributed by atoms with Gasteiger partial charge >= 0.3 is 6.03 Å². The van der Waals surface area contributed by atoms with Crippen LogP contribution in [0, 0.1) is 0 Å². The fourth-order valence-electron chi connectivity index (χ4n) is 2.93. The molecule has 1 aromatic heterocycles. The first kappa shape index (κ1) is 18.4. The average molecular weight is 393 g/mol. The van der Waals surface area contributed by atoms with E-state index in [0.29, 0.717) is 15.0 Å². The predicted octanol–water partition coefficient (Wildman–Crippen LogP) is 3.15. The first-order valence-corrected chi connectivity index (χ1v) is 9.08. The van der Waals surface area contributed by atoms with Crippen molar-refractivity contribution in [1.82, 2.24) is 10.2 Å². The Bertz CT molecular complexity index is 882. The van der Waals surface area contributed by atoms with Crippen molar-refractivity contribution < 1.29 is 19.1 Å². The van der Waals surface area contributed by atoms with E-state index in [9.17, 15) is 14.4 Å². The molecule has 1 atom stereocenters. The number of thiophene rings is 1. The highest BCUT2D eigenvalue weighted by atomic mass is 35.5. The van der Waals surface area contributed by atoms with Crippen LogP contribution in [0.25, 0.3) is 0 Å². The second-order valence-electron chi connectivity index (χ2n) is 6.17. The highest BCUT2D eigenvalue weighted by Crippen LogP contribution is 2.28. The monoisotopic (exact) mass is 392 g/mol. The molecular formula is C18H17ClN2O4S. The maximum atomic E-state index is 12.8. The summed E-state index contributed by atoms with van der Waals surface area (Å²) in [5.74, 6) is -0.130. The number of amides is 3. The summed E-state index contributed by atoms with van der Waals surface area (Å²) < 4.78 is 5.79. The Morgan fingerprint density at radius 1 is 1.27 bits per heavy atom. The summed E-state index contributed by atoms with van der Waals surface area (Å²) in [6.45, 7) is 1.33. The number of rotatable bonds is 6. The Balaban J connectivity index is 1.78. The zero-order valence-corrected chi connectivity index (χ0v) is 15.8. The Kier molecular flexibility index (Phi) is 5.02. The van der Waals surface area contributed by atoms with Gasteiger partial charge in [0.1, 0.15) is 11.3 Å². The van der Waals surface area contributed by atoms with Crippen molar-refractivity contribution in [2.75, 3.05) is 13.7 Å². The second kappa shape index (κ2) is 7.09. The lowest BCUT2D eigenvalue weighted by Crippen LogP contribution is -2.46. The number of hydrogen-bond acceptors (Lipinski definition) is 5. The third kappa shape index (κ3) is 3.45. The molecule has 0 aliphatic carbocycles. The van der Waals surface area contributed by atoms with E-state index in [0.717, 1.165) is 21.8 Å². The molecule has 0 unspecified atom stereocenters. The number of Topliss-reactive ketones (excluding diaryl/α,β-unsaturated/α-hetero) is 1. The molecule has 0 saturated carbocycles. The van der Waals surface area contributed by atoms with E-state index in [1.807, 2.05) is 18.2 Å². The zero-order chi connectivity index (χ0) is 18.9. The van der Waals surface area contributed by atoms with Crippen molar-refractivity contribution >= 4 is 40.7 Å². The molecule has 1 aromatic carbocycles. The van der Waals surface area contributed by atoms with Gasteiger partial charge in [0.15, 0.2) is 5.78 Å². The van der Waals surface area contributed by atoms with Crippen LogP contribution in [0.3, 0.4) is 0 Å². The lowest BCUT2D eigenvalue weighted by Gasteiger charge is -2.22. The van der Waals surface area contributed by atoms with E-state index >= 15 is 0 Å². The number of para-hydroxylation sites is 1. The highest BCUT2D eigenvalue weighted by molar-refractivity contribution is 7.18. The van der Waals surface area contributed by atoms with Gasteiger partial charge in [-0.3, -0.25) is 14.5 Å². The summed E-state index contributed by atoms with van der Waals surface area (Å²) in [7, 11) is 1.55. The molecule has 3 rings (SSSR count). The molecule has 6 nitrogen and oxygen atoms in total. The number of ether oxygens (including phenoxy) is 1. The van der Waals surface area contributed by atoms with E-state index in [1.165, 1.54) is 0 Å². The van der Waals surface area contributed by atoms with Crippen LogP contribution >= 0.6 is 22.9 Å². The van der Waals surface area contributed by atoms with E-state index < -0.39 is 17.5 Å². The molecule has 0 radical (unpaired) electrons. The maximum Gasteiger partial charge on any atom is 0.325 e. The van der Waals surface area contributed by atoms with Gasteiger partial charge in [-0.15, -0.1) is 11.3 Å². The van der Waals surface area contributed by atoms with Gasteiger partial charge < -0.3 is 10.1 Å². The molecule has 0 bridgehead atoms. The number of urea groups is 1. The van der Waals surface area contributed by atoms with Gasteiger partial charge in [-0.1, -0.05) is 29.8 Å². The number of methoxy groups -OCH3 is 1. The molecular weight excluding hydrogens is 376 g/mol. The zero-order valence-electron chi connectivity index (χ0n) is 14.2. The summed E-state index contributed by atoms with van der Waals surface area (Å²) >= 11 is 6.96. The largest absolute Gasteiger partial charge is 0.496 e. The Morgan fingerprint density at radius 3 is 2.65 bits per heavy atom. The third-order valence-corrected chi connectivity index (χ3v) is 5.50. The van der Waals surface area contributed by atoms with Crippen molar-refractivity contribution in [3.8, 4) is 5.75 Å². The SMILES string of the molecule is COc1ccccc1C[C@]1(C)NC(=O)N(CC(=O)c2ccc(Cl)s2)C1=O. The number of carbonyl (C=O) groups excluding carboxylic acids is 3. The number of carbonyl (C=O) groups is 3. The van der Waals surface area contributed by atoms with Gasteiger partial charge in [-0.25, -0.2) is 4.79 Å². The van der Waals surface area contributed by atoms with Crippen molar-refractivity contribution in [2.24, 2.45) is 0 Å². The number of nitrogens with zero attached hydrogens (tertiary/aromatic N) is 1. The minimum atomic E-state index is -1.14. The fraction of sp³-hybridized carbons (Fsp3) is 0.278. The third-order valence-electron chi connectivity index (χ3n) is 4.23. The molecule has 8 heteroatoms. The Hall–Kier alpha value is -2.38. The van der Waals surface area contributed by atoms with Crippen LogP contribution in [0.15, 0.2) is 36.4 Å². The van der Waals surface area contributed by atoms with E-state index in [4.69, 9.17) is 16.3 Å². The number of benzene rings is 1. The predicted molar refractivity (Wildman–Crippen MR) is 99.0 cm³/mol. The maximum absolute atomic E-state index is 12.8. The van der Waals surface area contributed by atoms with Crippen molar-refractivity contribution in [3.63, 3.8) is 0 Å². The van der Waals surface area contributed by atoms with Gasteiger partial charge in [0.25, 0.3) is 5.91 Å². The summed E-state index contributed by atoms with van der Waals surface area (Å²) in [5.41, 5.74) is -0.344. The molecule has 1 N–H and O–H groups in total. The molecule has 3 amide bonds. The number of ketones is 1. The van der Waals surface area contributed by atoms with E-state index in [1.54, 1.807) is 32.2 Å². The topological polar surface area (TPSA) is 75.7 Å². The van der Waals surface area contributed by atoms with Crippen LogP contribution in [0.5, 0.6) is 5.75 Å². The van der Waals surface area contributed by atoms with Gasteiger partial charge in [-0.2, -0.15) is 0 Å². The summed E-state index contributed by atoms with van der Waals surface area (Å²) in [6, 6.07) is 9.91. The highest BCUT2D eigenvalue weighted by Gasteiger charge is 2.48. The standard InChI is InChI=1S/C18H17ClN2O4S/c1-18(9-11-5-3-4-6-13(11)25-2)16(23)21(17(24)20-18)10-12(22)14-7-8-15(19)26-14/h3-8H,9-10H2,1-2H3,(H,20,24)/t18-/m0/s1. The van der Waals surface area contributed by atoms with Gasteiger partial charge in [0.05, 0.1) is 22.9 Å². The smallest absolute Gasteiger partial charge is 0.325 e. The summed E-state index contributed by atoms with van der Waals surface area (Å²) in [4.78, 5) is 38.8. The first-order chi connectivity index (χ1) is 12.3. The number of imide groups is 1. The lowest BCUT2D eigenvalue weighted by molar-refractivity contribution is -0.130. The lowest BCUT2D eigenvalue weighted by atomic mass is 9.92. The molecule has 1 aliphatic rings. The number of nitrogens with one attached hydrogen (secondary N) is 1. The van der Waals surface area contributed by atoms with Crippen LogP contribution in [0.4, 0.5) is 4.79 Å². The van der Waals surface area contributed by atoms with E-state index in [2.05, 4.69) is 5.32 Å². The van der Waals surface area contributed by atoms with Gasteiger partial charge in [-0.05, 0) is 30.7 Å². The van der Waals surface area contributed by atoms with Crippen LogP contribution in [0.1, 0.15) is 22.2 Å². The molecule has 2 heterocycles. The normalized spacial score (nSPS) is 19.6. The molecule has 1 saturated heterocycles. The van der Waals surface area contributed by atoms with Gasteiger partial charge in [0.2, 0.25) is 0 Å². The molecule has 2 aromatic rings. The van der Waals surface area contributed by atoms with E-state index in [-0.39, 0.29) is 18.7 Å². The Morgan fingerprint density at radius 2 is 2.00 bits per heavy atom. The van der Waals surface area contributed by atoms with Gasteiger partial charge in [0, 0.05) is 6.42 Å². The average Bonchev–Trinajstić information content (AvgIpc) is 3.13. The van der Waals surface area contributed by atoms with Crippen LogP contribution in [-0.4, -0.2) is 41.8 Å². The minimum Gasteiger partial charge on any atom is -0.496 e. The molecule has 136 valence electrons. The number of hydrogen-bond donors (Lipinski definition) is 1. The molecule has 26 heavy (non-hydrogen) atoms. The Labute approximate surface area is 159 Å². The molecule has 0 spiro atoms. The van der Waals surface area contributed by atoms with Crippen molar-refractivity contribution in [1.29, 1.82) is 0 Å². The molecule has 1 aliphatic heterocycles. The minimum absolute atomic E-state index is 0.261. The first-order valence-electron chi connectivity index (χ1n) is 7.88. The fourth-order valence-corrected chi connectivity index (χ4v) is 3.90. The molecule has 1 fully saturated rings. The van der Waals surface area contributed by atoms with Crippen molar-refractivity contribution in [2.45, 2.75) is 18.9 Å². The number of halogens is 1. The summed E-state index contributed by atoms with van der Waals surface area (Å²) in [6.07, 6.45) is 0.261.